The standard InChI is InChI=1S/C9H18FN/c1-7(2)11-5-8(3)9(4-10)6-11/h7-9H,4-6H2,1-3H3. The molecule has 0 saturated carbocycles. The van der Waals surface area contributed by atoms with Gasteiger partial charge in [-0.2, -0.15) is 0 Å². The number of likely N-dealkylation sites (tertiary alicyclic amines) is 1. The van der Waals surface area contributed by atoms with Gasteiger partial charge in [-0.05, 0) is 19.8 Å². The van der Waals surface area contributed by atoms with Gasteiger partial charge in [-0.15, -0.1) is 0 Å². The maximum absolute atomic E-state index is 12.4. The largest absolute Gasteiger partial charge is 0.300 e. The van der Waals surface area contributed by atoms with Crippen LogP contribution in [-0.2, 0) is 0 Å². The minimum atomic E-state index is -0.148. The van der Waals surface area contributed by atoms with Gasteiger partial charge < -0.3 is 4.90 Å². The summed E-state index contributed by atoms with van der Waals surface area (Å²) < 4.78 is 12.4. The normalized spacial score (nSPS) is 33.5. The van der Waals surface area contributed by atoms with Crippen molar-refractivity contribution in [2.45, 2.75) is 26.8 Å². The Morgan fingerprint density at radius 1 is 1.45 bits per heavy atom. The molecular formula is C9H18FN. The Hall–Kier alpha value is -0.110. The van der Waals surface area contributed by atoms with Gasteiger partial charge in [0.05, 0.1) is 6.67 Å². The van der Waals surface area contributed by atoms with Crippen LogP contribution in [0, 0.1) is 11.8 Å². The van der Waals surface area contributed by atoms with Crippen LogP contribution >= 0.6 is 0 Å². The highest BCUT2D eigenvalue weighted by molar-refractivity contribution is 4.82. The van der Waals surface area contributed by atoms with Crippen molar-refractivity contribution in [3.05, 3.63) is 0 Å². The van der Waals surface area contributed by atoms with Crippen molar-refractivity contribution < 1.29 is 4.39 Å². The lowest BCUT2D eigenvalue weighted by Crippen LogP contribution is -2.28. The van der Waals surface area contributed by atoms with Gasteiger partial charge in [0, 0.05) is 25.0 Å². The van der Waals surface area contributed by atoms with Crippen molar-refractivity contribution >= 4 is 0 Å². The van der Waals surface area contributed by atoms with Crippen LogP contribution in [0.5, 0.6) is 0 Å². The topological polar surface area (TPSA) is 3.24 Å². The lowest BCUT2D eigenvalue weighted by Gasteiger charge is -2.19. The summed E-state index contributed by atoms with van der Waals surface area (Å²) in [5.41, 5.74) is 0. The molecule has 2 atom stereocenters. The van der Waals surface area contributed by atoms with Crippen LogP contribution in [0.2, 0.25) is 0 Å². The van der Waals surface area contributed by atoms with E-state index in [1.807, 2.05) is 0 Å². The molecule has 66 valence electrons. The molecular weight excluding hydrogens is 141 g/mol. The van der Waals surface area contributed by atoms with Gasteiger partial charge in [0.2, 0.25) is 0 Å². The molecule has 0 aromatic heterocycles. The zero-order valence-electron chi connectivity index (χ0n) is 7.68. The third-order valence-electron chi connectivity index (χ3n) is 2.72. The zero-order valence-corrected chi connectivity index (χ0v) is 7.68. The van der Waals surface area contributed by atoms with Crippen molar-refractivity contribution in [2.24, 2.45) is 11.8 Å². The molecule has 2 unspecified atom stereocenters. The third-order valence-corrected chi connectivity index (χ3v) is 2.72. The molecule has 1 aliphatic heterocycles. The predicted octanol–water partition coefficient (Wildman–Crippen LogP) is 1.93. The highest BCUT2D eigenvalue weighted by Gasteiger charge is 2.30. The Morgan fingerprint density at radius 3 is 2.36 bits per heavy atom. The van der Waals surface area contributed by atoms with Crippen LogP contribution in [0.1, 0.15) is 20.8 Å². The fourth-order valence-corrected chi connectivity index (χ4v) is 1.70. The summed E-state index contributed by atoms with van der Waals surface area (Å²) in [5, 5.41) is 0. The average Bonchev–Trinajstić information content (AvgIpc) is 2.31. The van der Waals surface area contributed by atoms with E-state index in [-0.39, 0.29) is 12.6 Å². The van der Waals surface area contributed by atoms with E-state index in [0.29, 0.717) is 12.0 Å². The predicted molar refractivity (Wildman–Crippen MR) is 45.3 cm³/mol. The summed E-state index contributed by atoms with van der Waals surface area (Å²) in [5.74, 6) is 0.833. The Kier molecular flexibility index (Phi) is 2.88. The molecule has 1 fully saturated rings. The van der Waals surface area contributed by atoms with E-state index in [1.165, 1.54) is 0 Å². The van der Waals surface area contributed by atoms with Crippen molar-refractivity contribution in [1.29, 1.82) is 0 Å². The van der Waals surface area contributed by atoms with Crippen LogP contribution in [0.25, 0.3) is 0 Å². The first-order chi connectivity index (χ1) is 5.15. The molecule has 0 radical (unpaired) electrons. The van der Waals surface area contributed by atoms with Gasteiger partial charge >= 0.3 is 0 Å². The Morgan fingerprint density at radius 2 is 2.09 bits per heavy atom. The van der Waals surface area contributed by atoms with Crippen molar-refractivity contribution in [2.75, 3.05) is 19.8 Å². The Bertz CT molecular complexity index is 125. The number of nitrogens with zero attached hydrogens (tertiary/aromatic N) is 1. The maximum atomic E-state index is 12.4. The Labute approximate surface area is 68.6 Å². The van der Waals surface area contributed by atoms with Gasteiger partial charge in [0.25, 0.3) is 0 Å². The highest BCUT2D eigenvalue weighted by atomic mass is 19.1. The molecule has 0 N–H and O–H groups in total. The molecule has 0 bridgehead atoms. The molecule has 0 spiro atoms. The van der Waals surface area contributed by atoms with Gasteiger partial charge in [-0.1, -0.05) is 6.92 Å². The molecule has 1 rings (SSSR count). The first kappa shape index (κ1) is 8.98. The summed E-state index contributed by atoms with van der Waals surface area (Å²) in [6, 6.07) is 0.578. The first-order valence-corrected chi connectivity index (χ1v) is 4.45. The summed E-state index contributed by atoms with van der Waals surface area (Å²) in [4.78, 5) is 2.36. The number of halogens is 1. The van der Waals surface area contributed by atoms with Gasteiger partial charge in [-0.3, -0.25) is 4.39 Å². The van der Waals surface area contributed by atoms with Crippen LogP contribution < -0.4 is 0 Å². The number of alkyl halides is 1. The maximum Gasteiger partial charge on any atom is 0.0937 e. The fraction of sp³-hybridized carbons (Fsp3) is 1.00. The Balaban J connectivity index is 2.43. The summed E-state index contributed by atoms with van der Waals surface area (Å²) in [6.07, 6.45) is 0. The average molecular weight is 159 g/mol. The van der Waals surface area contributed by atoms with Crippen molar-refractivity contribution in [1.82, 2.24) is 4.90 Å². The van der Waals surface area contributed by atoms with Gasteiger partial charge in [0.1, 0.15) is 0 Å². The molecule has 0 amide bonds. The van der Waals surface area contributed by atoms with E-state index in [4.69, 9.17) is 0 Å². The van der Waals surface area contributed by atoms with E-state index in [1.54, 1.807) is 0 Å². The van der Waals surface area contributed by atoms with Gasteiger partial charge in [0.15, 0.2) is 0 Å². The second-order valence-electron chi connectivity index (χ2n) is 3.94. The summed E-state index contributed by atoms with van der Waals surface area (Å²) >= 11 is 0. The minimum Gasteiger partial charge on any atom is -0.300 e. The van der Waals surface area contributed by atoms with E-state index < -0.39 is 0 Å². The van der Waals surface area contributed by atoms with Crippen molar-refractivity contribution in [3.8, 4) is 0 Å². The van der Waals surface area contributed by atoms with Crippen LogP contribution in [-0.4, -0.2) is 30.7 Å². The fourth-order valence-electron chi connectivity index (χ4n) is 1.70. The van der Waals surface area contributed by atoms with E-state index >= 15 is 0 Å². The third kappa shape index (κ3) is 1.92. The molecule has 2 heteroatoms. The first-order valence-electron chi connectivity index (χ1n) is 4.45. The smallest absolute Gasteiger partial charge is 0.0937 e. The van der Waals surface area contributed by atoms with Crippen LogP contribution in [0.3, 0.4) is 0 Å². The summed E-state index contributed by atoms with van der Waals surface area (Å²) in [7, 11) is 0. The summed E-state index contributed by atoms with van der Waals surface area (Å²) in [6.45, 7) is 8.37. The van der Waals surface area contributed by atoms with Gasteiger partial charge in [-0.25, -0.2) is 0 Å². The number of hydrogen-bond donors (Lipinski definition) is 0. The molecule has 0 aliphatic carbocycles. The highest BCUT2D eigenvalue weighted by Crippen LogP contribution is 2.24. The molecule has 1 nitrogen and oxygen atoms in total. The molecule has 1 saturated heterocycles. The molecule has 0 aromatic carbocycles. The minimum absolute atomic E-state index is 0.148. The van der Waals surface area contributed by atoms with Crippen LogP contribution in [0.4, 0.5) is 4.39 Å². The number of hydrogen-bond acceptors (Lipinski definition) is 1. The second kappa shape index (κ2) is 3.53. The molecule has 1 heterocycles. The molecule has 1 aliphatic rings. The lowest BCUT2D eigenvalue weighted by atomic mass is 10.0. The van der Waals surface area contributed by atoms with Crippen molar-refractivity contribution in [3.63, 3.8) is 0 Å². The monoisotopic (exact) mass is 159 g/mol. The molecule has 0 aromatic rings. The van der Waals surface area contributed by atoms with E-state index in [0.717, 1.165) is 13.1 Å². The van der Waals surface area contributed by atoms with E-state index in [9.17, 15) is 4.39 Å². The number of rotatable bonds is 2. The second-order valence-corrected chi connectivity index (χ2v) is 3.94. The quantitative estimate of drug-likeness (QED) is 0.595. The van der Waals surface area contributed by atoms with E-state index in [2.05, 4.69) is 25.7 Å². The lowest BCUT2D eigenvalue weighted by molar-refractivity contribution is 0.254. The molecule has 11 heavy (non-hydrogen) atoms. The van der Waals surface area contributed by atoms with Crippen LogP contribution in [0.15, 0.2) is 0 Å². The SMILES string of the molecule is CC1CN(C(C)C)CC1CF. The zero-order chi connectivity index (χ0) is 8.43.